The summed E-state index contributed by atoms with van der Waals surface area (Å²) in [6, 6.07) is 10.3. The molecule has 0 amide bonds. The van der Waals surface area contributed by atoms with Crippen LogP contribution in [0.2, 0.25) is 0 Å². The van der Waals surface area contributed by atoms with E-state index in [-0.39, 0.29) is 12.0 Å². The number of rotatable bonds is 13. The summed E-state index contributed by atoms with van der Waals surface area (Å²) in [7, 11) is 0. The molecule has 0 unspecified atom stereocenters. The number of carboxylic acid groups (broad SMARTS) is 1. The quantitative estimate of drug-likeness (QED) is 0.465. The first-order valence-electron chi connectivity index (χ1n) is 10.3. The van der Waals surface area contributed by atoms with Crippen molar-refractivity contribution in [3.05, 3.63) is 52.3 Å². The van der Waals surface area contributed by atoms with Crippen LogP contribution in [0.25, 0.3) is 11.3 Å². The van der Waals surface area contributed by atoms with E-state index in [9.17, 15) is 9.59 Å². The lowest BCUT2D eigenvalue weighted by molar-refractivity contribution is -0.136. The molecule has 1 aromatic carbocycles. The third kappa shape index (κ3) is 7.22. The van der Waals surface area contributed by atoms with Crippen molar-refractivity contribution < 1.29 is 14.6 Å². The van der Waals surface area contributed by atoms with Crippen molar-refractivity contribution in [3.63, 3.8) is 0 Å². The first-order valence-corrected chi connectivity index (χ1v) is 10.3. The van der Waals surface area contributed by atoms with E-state index in [1.54, 1.807) is 18.2 Å². The smallest absolute Gasteiger partial charge is 0.307 e. The van der Waals surface area contributed by atoms with E-state index in [0.717, 1.165) is 12.8 Å². The molecule has 0 aliphatic carbocycles. The largest absolute Gasteiger partial charge is 0.491 e. The van der Waals surface area contributed by atoms with Gasteiger partial charge < -0.3 is 14.8 Å². The van der Waals surface area contributed by atoms with Gasteiger partial charge >= 0.3 is 5.97 Å². The van der Waals surface area contributed by atoms with Gasteiger partial charge in [0.15, 0.2) is 0 Å². The van der Waals surface area contributed by atoms with E-state index < -0.39 is 5.97 Å². The first-order chi connectivity index (χ1) is 13.6. The minimum Gasteiger partial charge on any atom is -0.491 e. The summed E-state index contributed by atoms with van der Waals surface area (Å²) >= 11 is 0. The predicted octanol–water partition coefficient (Wildman–Crippen LogP) is 5.19. The summed E-state index contributed by atoms with van der Waals surface area (Å²) < 4.78 is 5.93. The van der Waals surface area contributed by atoms with Crippen molar-refractivity contribution in [1.29, 1.82) is 0 Å². The summed E-state index contributed by atoms with van der Waals surface area (Å²) in [6.45, 7) is 2.80. The normalized spacial score (nSPS) is 10.8. The van der Waals surface area contributed by atoms with Crippen molar-refractivity contribution in [2.75, 3.05) is 6.61 Å². The number of carbonyl (C=O) groups is 1. The number of H-pyrrole nitrogens is 1. The second-order valence-corrected chi connectivity index (χ2v) is 7.11. The number of hydrogen-bond donors (Lipinski definition) is 2. The van der Waals surface area contributed by atoms with Gasteiger partial charge in [-0.25, -0.2) is 0 Å². The van der Waals surface area contributed by atoms with Gasteiger partial charge in [0.05, 0.1) is 18.7 Å². The molecule has 0 saturated heterocycles. The zero-order chi connectivity index (χ0) is 20.2. The molecule has 2 aromatic rings. The molecule has 2 rings (SSSR count). The summed E-state index contributed by atoms with van der Waals surface area (Å²) in [5, 5.41) is 9.15. The number of aromatic amines is 1. The predicted molar refractivity (Wildman–Crippen MR) is 112 cm³/mol. The number of hydrogen-bond acceptors (Lipinski definition) is 3. The van der Waals surface area contributed by atoms with Crippen LogP contribution in [0.5, 0.6) is 5.75 Å². The average molecular weight is 386 g/mol. The first kappa shape index (κ1) is 21.7. The van der Waals surface area contributed by atoms with E-state index >= 15 is 0 Å². The summed E-state index contributed by atoms with van der Waals surface area (Å²) in [6.07, 6.45) is 9.68. The van der Waals surface area contributed by atoms with Crippen LogP contribution >= 0.6 is 0 Å². The number of aromatic nitrogens is 1. The van der Waals surface area contributed by atoms with Gasteiger partial charge in [0.25, 0.3) is 0 Å². The number of carboxylic acids is 1. The molecule has 0 fully saturated rings. The van der Waals surface area contributed by atoms with Crippen LogP contribution in [0, 0.1) is 0 Å². The van der Waals surface area contributed by atoms with E-state index in [1.807, 2.05) is 12.1 Å². The van der Waals surface area contributed by atoms with E-state index in [1.165, 1.54) is 44.6 Å². The second kappa shape index (κ2) is 12.0. The number of nitrogens with one attached hydrogen (secondary N) is 1. The zero-order valence-corrected chi connectivity index (χ0v) is 16.7. The van der Waals surface area contributed by atoms with Gasteiger partial charge in [-0.15, -0.1) is 0 Å². The van der Waals surface area contributed by atoms with Crippen LogP contribution in [0.4, 0.5) is 0 Å². The maximum absolute atomic E-state index is 11.8. The molecule has 1 aromatic heterocycles. The molecular weight excluding hydrogens is 354 g/mol. The molecule has 5 nitrogen and oxygen atoms in total. The Hall–Kier alpha value is -2.56. The molecule has 0 atom stereocenters. The van der Waals surface area contributed by atoms with E-state index in [4.69, 9.17) is 9.84 Å². The Balaban J connectivity index is 1.96. The van der Waals surface area contributed by atoms with Crippen LogP contribution in [0.15, 0.2) is 41.2 Å². The van der Waals surface area contributed by atoms with Crippen LogP contribution in [0.3, 0.4) is 0 Å². The summed E-state index contributed by atoms with van der Waals surface area (Å²) in [5.74, 6) is -0.326. The highest BCUT2D eigenvalue weighted by atomic mass is 16.5. The molecule has 0 spiro atoms. The number of unbranched alkanes of at least 4 members (excludes halogenated alkanes) is 7. The van der Waals surface area contributed by atoms with E-state index in [2.05, 4.69) is 11.9 Å². The summed E-state index contributed by atoms with van der Waals surface area (Å²) in [5.41, 5.74) is 1.64. The van der Waals surface area contributed by atoms with Gasteiger partial charge in [-0.05, 0) is 18.1 Å². The Bertz CT molecular complexity index is 797. The molecule has 152 valence electrons. The number of aliphatic carboxylic acids is 1. The Morgan fingerprint density at radius 1 is 0.964 bits per heavy atom. The molecule has 28 heavy (non-hydrogen) atoms. The SMILES string of the molecule is CCCCCCCCCCOc1ccc(=O)[nH]c1-c1ccccc1CC(=O)O. The lowest BCUT2D eigenvalue weighted by Crippen LogP contribution is -2.10. The molecule has 1 heterocycles. The standard InChI is InChI=1S/C23H31NO4/c1-2-3-4-5-6-7-8-11-16-28-20-14-15-21(25)24-23(20)19-13-10-9-12-18(19)17-22(26)27/h9-10,12-15H,2-8,11,16-17H2,1H3,(H,24,25)(H,26,27). The molecule has 0 bridgehead atoms. The third-order valence-corrected chi connectivity index (χ3v) is 4.76. The number of benzene rings is 1. The average Bonchev–Trinajstić information content (AvgIpc) is 2.67. The molecule has 0 radical (unpaired) electrons. The molecule has 5 heteroatoms. The molecule has 0 aliphatic rings. The van der Waals surface area contributed by atoms with Crippen molar-refractivity contribution in [2.45, 2.75) is 64.7 Å². The monoisotopic (exact) mass is 385 g/mol. The molecule has 0 aliphatic heterocycles. The van der Waals surface area contributed by atoms with Gasteiger partial charge in [-0.2, -0.15) is 0 Å². The third-order valence-electron chi connectivity index (χ3n) is 4.76. The second-order valence-electron chi connectivity index (χ2n) is 7.11. The Labute approximate surface area is 166 Å². The number of pyridine rings is 1. The van der Waals surface area contributed by atoms with E-state index in [0.29, 0.717) is 29.2 Å². The lowest BCUT2D eigenvalue weighted by Gasteiger charge is -2.14. The zero-order valence-electron chi connectivity index (χ0n) is 16.7. The maximum Gasteiger partial charge on any atom is 0.307 e. The minimum absolute atomic E-state index is 0.107. The van der Waals surface area contributed by atoms with Gasteiger partial charge in [-0.3, -0.25) is 9.59 Å². The summed E-state index contributed by atoms with van der Waals surface area (Å²) in [4.78, 5) is 25.8. The Morgan fingerprint density at radius 3 is 2.36 bits per heavy atom. The number of ether oxygens (including phenoxy) is 1. The topological polar surface area (TPSA) is 79.4 Å². The fourth-order valence-corrected chi connectivity index (χ4v) is 3.28. The van der Waals surface area contributed by atoms with Gasteiger partial charge in [0, 0.05) is 11.6 Å². The van der Waals surface area contributed by atoms with Crippen molar-refractivity contribution in [2.24, 2.45) is 0 Å². The van der Waals surface area contributed by atoms with Crippen LogP contribution in [0.1, 0.15) is 63.9 Å². The Kier molecular flexibility index (Phi) is 9.32. The van der Waals surface area contributed by atoms with Crippen molar-refractivity contribution in [3.8, 4) is 17.0 Å². The highest BCUT2D eigenvalue weighted by molar-refractivity contribution is 5.77. The fraction of sp³-hybridized carbons (Fsp3) is 0.478. The van der Waals surface area contributed by atoms with Crippen molar-refractivity contribution >= 4 is 5.97 Å². The van der Waals surface area contributed by atoms with Crippen molar-refractivity contribution in [1.82, 2.24) is 4.98 Å². The Morgan fingerprint density at radius 2 is 1.64 bits per heavy atom. The minimum atomic E-state index is -0.910. The molecular formula is C23H31NO4. The van der Waals surface area contributed by atoms with Gasteiger partial charge in [-0.1, -0.05) is 76.1 Å². The fourth-order valence-electron chi connectivity index (χ4n) is 3.28. The van der Waals surface area contributed by atoms with Crippen LogP contribution in [-0.4, -0.2) is 22.7 Å². The maximum atomic E-state index is 11.8. The highest BCUT2D eigenvalue weighted by Crippen LogP contribution is 2.30. The van der Waals surface area contributed by atoms with Crippen LogP contribution < -0.4 is 10.3 Å². The lowest BCUT2D eigenvalue weighted by atomic mass is 10.0. The molecule has 0 saturated carbocycles. The molecule has 2 N–H and O–H groups in total. The van der Waals surface area contributed by atoms with Gasteiger partial charge in [0.1, 0.15) is 5.75 Å². The highest BCUT2D eigenvalue weighted by Gasteiger charge is 2.13. The van der Waals surface area contributed by atoms with Gasteiger partial charge in [0.2, 0.25) is 5.56 Å². The van der Waals surface area contributed by atoms with Crippen LogP contribution in [-0.2, 0) is 11.2 Å².